The third kappa shape index (κ3) is 8.21. The van der Waals surface area contributed by atoms with Crippen LogP contribution in [0.5, 0.6) is 5.75 Å². The number of benzene rings is 2. The van der Waals surface area contributed by atoms with E-state index in [1.165, 1.54) is 4.90 Å². The van der Waals surface area contributed by atoms with Gasteiger partial charge in [0.05, 0.1) is 13.7 Å². The highest BCUT2D eigenvalue weighted by atomic mass is 16.6. The predicted octanol–water partition coefficient (Wildman–Crippen LogP) is 4.36. The maximum absolute atomic E-state index is 14.0. The van der Waals surface area contributed by atoms with Crippen molar-refractivity contribution in [3.63, 3.8) is 0 Å². The average Bonchev–Trinajstić information content (AvgIpc) is 2.83. The van der Waals surface area contributed by atoms with Crippen molar-refractivity contribution < 1.29 is 29.0 Å². The fourth-order valence-corrected chi connectivity index (χ4v) is 4.01. The molecule has 2 unspecified atom stereocenters. The minimum absolute atomic E-state index is 0.119. The van der Waals surface area contributed by atoms with Crippen LogP contribution in [-0.4, -0.2) is 59.8 Å². The van der Waals surface area contributed by atoms with Gasteiger partial charge in [-0.25, -0.2) is 4.79 Å². The lowest BCUT2D eigenvalue weighted by Crippen LogP contribution is -2.55. The molecular formula is C29H41N3O6. The molecule has 208 valence electrons. The van der Waals surface area contributed by atoms with E-state index >= 15 is 0 Å². The first-order chi connectivity index (χ1) is 17.8. The SMILES string of the molecule is COc1ccc(NC(=O)C(c2cccc(C)c2C)N(CCO)C(=O)C(NC(=O)OC(C)(C)C)C(C)C)cc1. The van der Waals surface area contributed by atoms with Crippen molar-refractivity contribution in [3.05, 3.63) is 59.2 Å². The molecule has 0 fully saturated rings. The van der Waals surface area contributed by atoms with Gasteiger partial charge in [0.15, 0.2) is 0 Å². The van der Waals surface area contributed by atoms with Gasteiger partial charge in [-0.05, 0) is 81.5 Å². The molecule has 0 aromatic heterocycles. The zero-order valence-corrected chi connectivity index (χ0v) is 23.6. The standard InChI is InChI=1S/C29H41N3O6/c1-18(2)24(31-28(36)38-29(5,6)7)27(35)32(16-17-33)25(23-11-9-10-19(3)20(23)4)26(34)30-21-12-14-22(37-8)15-13-21/h9-15,18,24-25,33H,16-17H2,1-8H3,(H,30,34)(H,31,36). The fraction of sp³-hybridized carbons (Fsp3) is 0.483. The summed E-state index contributed by atoms with van der Waals surface area (Å²) in [5.41, 5.74) is 2.19. The zero-order chi connectivity index (χ0) is 28.6. The minimum Gasteiger partial charge on any atom is -0.497 e. The number of aliphatic hydroxyl groups excluding tert-OH is 1. The number of nitrogens with zero attached hydrogens (tertiary/aromatic N) is 1. The van der Waals surface area contributed by atoms with Gasteiger partial charge < -0.3 is 30.1 Å². The van der Waals surface area contributed by atoms with Crippen LogP contribution < -0.4 is 15.4 Å². The Hall–Kier alpha value is -3.59. The maximum atomic E-state index is 14.0. The maximum Gasteiger partial charge on any atom is 0.408 e. The molecule has 0 radical (unpaired) electrons. The number of aliphatic hydroxyl groups is 1. The number of ether oxygens (including phenoxy) is 2. The third-order valence-corrected chi connectivity index (χ3v) is 6.09. The Balaban J connectivity index is 2.53. The summed E-state index contributed by atoms with van der Waals surface area (Å²) < 4.78 is 10.6. The molecule has 0 heterocycles. The van der Waals surface area contributed by atoms with E-state index in [1.807, 2.05) is 26.0 Å². The van der Waals surface area contributed by atoms with Crippen LogP contribution >= 0.6 is 0 Å². The Kier molecular flexibility index (Phi) is 10.7. The Morgan fingerprint density at radius 3 is 2.18 bits per heavy atom. The quantitative estimate of drug-likeness (QED) is 0.423. The molecule has 0 aliphatic rings. The predicted molar refractivity (Wildman–Crippen MR) is 147 cm³/mol. The summed E-state index contributed by atoms with van der Waals surface area (Å²) in [5, 5.41) is 15.5. The van der Waals surface area contributed by atoms with Gasteiger partial charge in [-0.2, -0.15) is 0 Å². The van der Waals surface area contributed by atoms with Crippen LogP contribution in [0, 0.1) is 19.8 Å². The molecule has 0 spiro atoms. The van der Waals surface area contributed by atoms with Gasteiger partial charge in [-0.3, -0.25) is 9.59 Å². The van der Waals surface area contributed by atoms with Crippen LogP contribution in [0.3, 0.4) is 0 Å². The van der Waals surface area contributed by atoms with E-state index in [-0.39, 0.29) is 19.1 Å². The lowest BCUT2D eigenvalue weighted by Gasteiger charge is -2.36. The van der Waals surface area contributed by atoms with Crippen molar-refractivity contribution in [1.29, 1.82) is 0 Å². The van der Waals surface area contributed by atoms with E-state index in [0.29, 0.717) is 17.0 Å². The topological polar surface area (TPSA) is 117 Å². The fourth-order valence-electron chi connectivity index (χ4n) is 4.01. The summed E-state index contributed by atoms with van der Waals surface area (Å²) in [6, 6.07) is 10.3. The lowest BCUT2D eigenvalue weighted by molar-refractivity contribution is -0.142. The summed E-state index contributed by atoms with van der Waals surface area (Å²) in [7, 11) is 1.55. The highest BCUT2D eigenvalue weighted by Gasteiger charge is 2.38. The van der Waals surface area contributed by atoms with Crippen molar-refractivity contribution in [3.8, 4) is 5.75 Å². The van der Waals surface area contributed by atoms with E-state index in [2.05, 4.69) is 10.6 Å². The van der Waals surface area contributed by atoms with Crippen molar-refractivity contribution in [2.24, 2.45) is 5.92 Å². The summed E-state index contributed by atoms with van der Waals surface area (Å²) in [5.74, 6) is -0.639. The van der Waals surface area contributed by atoms with Gasteiger partial charge in [0.25, 0.3) is 5.91 Å². The van der Waals surface area contributed by atoms with Gasteiger partial charge in [-0.1, -0.05) is 32.0 Å². The van der Waals surface area contributed by atoms with Gasteiger partial charge in [0, 0.05) is 12.2 Å². The first-order valence-electron chi connectivity index (χ1n) is 12.7. The van der Waals surface area contributed by atoms with Crippen LogP contribution in [0.25, 0.3) is 0 Å². The van der Waals surface area contributed by atoms with Crippen LogP contribution in [-0.2, 0) is 14.3 Å². The van der Waals surface area contributed by atoms with Crippen molar-refractivity contribution in [1.82, 2.24) is 10.2 Å². The Bertz CT molecular complexity index is 1110. The number of aryl methyl sites for hydroxylation is 1. The number of carbonyl (C=O) groups excluding carboxylic acids is 3. The Labute approximate surface area is 225 Å². The molecule has 0 aliphatic carbocycles. The molecule has 2 atom stereocenters. The molecule has 2 aromatic carbocycles. The number of alkyl carbamates (subject to hydrolysis) is 1. The van der Waals surface area contributed by atoms with Crippen molar-refractivity contribution in [2.45, 2.75) is 66.2 Å². The molecule has 3 N–H and O–H groups in total. The number of hydrogen-bond donors (Lipinski definition) is 3. The molecular weight excluding hydrogens is 486 g/mol. The molecule has 3 amide bonds. The van der Waals surface area contributed by atoms with E-state index in [9.17, 15) is 19.5 Å². The molecule has 0 saturated heterocycles. The summed E-state index contributed by atoms with van der Waals surface area (Å²) in [4.78, 5) is 41.7. The van der Waals surface area contributed by atoms with Gasteiger partial charge in [0.2, 0.25) is 5.91 Å². The number of anilines is 1. The second-order valence-corrected chi connectivity index (χ2v) is 10.5. The number of carbonyl (C=O) groups is 3. The summed E-state index contributed by atoms with van der Waals surface area (Å²) >= 11 is 0. The third-order valence-electron chi connectivity index (χ3n) is 6.09. The normalized spacial score (nSPS) is 12.9. The van der Waals surface area contributed by atoms with E-state index in [4.69, 9.17) is 9.47 Å². The van der Waals surface area contributed by atoms with E-state index < -0.39 is 35.6 Å². The monoisotopic (exact) mass is 527 g/mol. The summed E-state index contributed by atoms with van der Waals surface area (Å²) in [6.45, 7) is 12.1. The molecule has 2 aromatic rings. The molecule has 9 nitrogen and oxygen atoms in total. The van der Waals surface area contributed by atoms with Crippen molar-refractivity contribution in [2.75, 3.05) is 25.6 Å². The van der Waals surface area contributed by atoms with E-state index in [0.717, 1.165) is 11.1 Å². The Morgan fingerprint density at radius 1 is 1.03 bits per heavy atom. The van der Waals surface area contributed by atoms with Gasteiger partial charge in [-0.15, -0.1) is 0 Å². The first-order valence-corrected chi connectivity index (χ1v) is 12.7. The Morgan fingerprint density at radius 2 is 1.66 bits per heavy atom. The van der Waals surface area contributed by atoms with E-state index in [1.54, 1.807) is 72.1 Å². The zero-order valence-electron chi connectivity index (χ0n) is 23.6. The van der Waals surface area contributed by atoms with Crippen molar-refractivity contribution >= 4 is 23.6 Å². The van der Waals surface area contributed by atoms with Crippen LogP contribution in [0.4, 0.5) is 10.5 Å². The number of nitrogens with one attached hydrogen (secondary N) is 2. The number of amides is 3. The minimum atomic E-state index is -1.07. The highest BCUT2D eigenvalue weighted by molar-refractivity contribution is 5.99. The molecule has 0 aliphatic heterocycles. The second-order valence-electron chi connectivity index (χ2n) is 10.5. The summed E-state index contributed by atoms with van der Waals surface area (Å²) in [6.07, 6.45) is -0.737. The number of rotatable bonds is 10. The number of hydrogen-bond acceptors (Lipinski definition) is 6. The molecule has 38 heavy (non-hydrogen) atoms. The van der Waals surface area contributed by atoms with Gasteiger partial charge in [0.1, 0.15) is 23.4 Å². The van der Waals surface area contributed by atoms with Crippen LogP contribution in [0.1, 0.15) is 57.4 Å². The average molecular weight is 528 g/mol. The smallest absolute Gasteiger partial charge is 0.408 e. The molecule has 2 rings (SSSR count). The van der Waals surface area contributed by atoms with Gasteiger partial charge >= 0.3 is 6.09 Å². The lowest BCUT2D eigenvalue weighted by atomic mass is 9.94. The largest absolute Gasteiger partial charge is 0.497 e. The second kappa shape index (κ2) is 13.3. The highest BCUT2D eigenvalue weighted by Crippen LogP contribution is 2.29. The molecule has 9 heteroatoms. The number of methoxy groups -OCH3 is 1. The first kappa shape index (κ1) is 30.6. The molecule has 0 bridgehead atoms. The van der Waals surface area contributed by atoms with Crippen LogP contribution in [0.15, 0.2) is 42.5 Å². The molecule has 0 saturated carbocycles. The van der Waals surface area contributed by atoms with Crippen LogP contribution in [0.2, 0.25) is 0 Å².